The first-order valence-electron chi connectivity index (χ1n) is 6.66. The number of rotatable bonds is 4. The lowest BCUT2D eigenvalue weighted by Gasteiger charge is -2.22. The maximum Gasteiger partial charge on any atom is 0.0366 e. The van der Waals surface area contributed by atoms with E-state index in [-0.39, 0.29) is 0 Å². The monoisotopic (exact) mass is 220 g/mol. The average molecular weight is 220 g/mol. The molecule has 0 unspecified atom stereocenters. The van der Waals surface area contributed by atoms with Crippen molar-refractivity contribution >= 4 is 0 Å². The maximum atomic E-state index is 3.53. The van der Waals surface area contributed by atoms with Crippen LogP contribution in [0.3, 0.4) is 0 Å². The smallest absolute Gasteiger partial charge is 0.0366 e. The highest BCUT2D eigenvalue weighted by Gasteiger charge is 2.12. The summed E-state index contributed by atoms with van der Waals surface area (Å²) in [5, 5.41) is 0. The van der Waals surface area contributed by atoms with Crippen LogP contribution in [-0.2, 0) is 0 Å². The zero-order chi connectivity index (χ0) is 11.4. The predicted octanol–water partition coefficient (Wildman–Crippen LogP) is 3.62. The van der Waals surface area contributed by atoms with E-state index in [1.165, 1.54) is 49.9 Å². The van der Waals surface area contributed by atoms with Crippen molar-refractivity contribution in [3.05, 3.63) is 23.5 Å². The highest BCUT2D eigenvalue weighted by molar-refractivity contribution is 5.15. The zero-order valence-corrected chi connectivity index (χ0v) is 10.6. The molecule has 0 aromatic carbocycles. The van der Waals surface area contributed by atoms with Gasteiger partial charge in [-0.3, -0.25) is 4.68 Å². The van der Waals surface area contributed by atoms with Gasteiger partial charge in [0.2, 0.25) is 0 Å². The van der Waals surface area contributed by atoms with Crippen LogP contribution in [0, 0.1) is 19.8 Å². The van der Waals surface area contributed by atoms with Gasteiger partial charge in [-0.15, -0.1) is 0 Å². The lowest BCUT2D eigenvalue weighted by molar-refractivity contribution is 0.343. The lowest BCUT2D eigenvalue weighted by Crippen LogP contribution is -2.21. The molecule has 0 spiro atoms. The molecular weight excluding hydrogens is 196 g/mol. The third-order valence-corrected chi connectivity index (χ3v) is 3.82. The minimum atomic E-state index is 0.970. The molecule has 0 aliphatic heterocycles. The average Bonchev–Trinajstić information content (AvgIpc) is 2.62. The second kappa shape index (κ2) is 5.42. The molecule has 90 valence electrons. The van der Waals surface area contributed by atoms with Crippen LogP contribution in [0.2, 0.25) is 0 Å². The molecule has 2 rings (SSSR count). The molecule has 0 bridgehead atoms. The van der Waals surface area contributed by atoms with Gasteiger partial charge in [-0.1, -0.05) is 32.1 Å². The molecule has 0 atom stereocenters. The Labute approximate surface area is 99.0 Å². The van der Waals surface area contributed by atoms with Crippen LogP contribution in [-0.4, -0.2) is 11.2 Å². The Morgan fingerprint density at radius 1 is 1.12 bits per heavy atom. The zero-order valence-electron chi connectivity index (χ0n) is 10.6. The van der Waals surface area contributed by atoms with Crippen LogP contribution in [0.25, 0.3) is 0 Å². The fourth-order valence-electron chi connectivity index (χ4n) is 2.77. The summed E-state index contributed by atoms with van der Waals surface area (Å²) in [6.07, 6.45) is 8.59. The molecule has 1 N–H and O–H groups in total. The highest BCUT2D eigenvalue weighted by Crippen LogP contribution is 2.25. The van der Waals surface area contributed by atoms with Crippen LogP contribution in [0.15, 0.2) is 12.1 Å². The van der Waals surface area contributed by atoms with E-state index in [1.807, 2.05) is 0 Å². The first-order valence-corrected chi connectivity index (χ1v) is 6.66. The maximum absolute atomic E-state index is 3.53. The normalized spacial score (nSPS) is 17.6. The van der Waals surface area contributed by atoms with Crippen molar-refractivity contribution < 1.29 is 0 Å². The highest BCUT2D eigenvalue weighted by atomic mass is 15.4. The van der Waals surface area contributed by atoms with Gasteiger partial charge in [-0.25, -0.2) is 0 Å². The lowest BCUT2D eigenvalue weighted by atomic mass is 9.87. The van der Waals surface area contributed by atoms with Crippen LogP contribution < -0.4 is 5.43 Å². The Balaban J connectivity index is 1.75. The molecule has 2 nitrogen and oxygen atoms in total. The second-order valence-corrected chi connectivity index (χ2v) is 5.15. The Kier molecular flexibility index (Phi) is 3.92. The Bertz CT molecular complexity index is 302. The minimum absolute atomic E-state index is 0.970. The summed E-state index contributed by atoms with van der Waals surface area (Å²) in [4.78, 5) is 0. The van der Waals surface area contributed by atoms with Gasteiger partial charge in [0.15, 0.2) is 0 Å². The van der Waals surface area contributed by atoms with Crippen molar-refractivity contribution in [3.63, 3.8) is 0 Å². The van der Waals surface area contributed by atoms with Crippen LogP contribution in [0.5, 0.6) is 0 Å². The number of hydrogen-bond donors (Lipinski definition) is 1. The number of aromatic nitrogens is 1. The van der Waals surface area contributed by atoms with Gasteiger partial charge in [0.25, 0.3) is 0 Å². The molecule has 0 saturated heterocycles. The molecule has 2 heteroatoms. The van der Waals surface area contributed by atoms with E-state index in [0.717, 1.165) is 12.5 Å². The first kappa shape index (κ1) is 11.6. The van der Waals surface area contributed by atoms with E-state index >= 15 is 0 Å². The topological polar surface area (TPSA) is 17.0 Å². The summed E-state index contributed by atoms with van der Waals surface area (Å²) in [5.41, 5.74) is 6.14. The Morgan fingerprint density at radius 3 is 2.38 bits per heavy atom. The molecule has 1 aromatic rings. The van der Waals surface area contributed by atoms with Crippen molar-refractivity contribution in [1.29, 1.82) is 0 Å². The van der Waals surface area contributed by atoms with Crippen molar-refractivity contribution in [1.82, 2.24) is 4.68 Å². The van der Waals surface area contributed by atoms with Crippen molar-refractivity contribution in [3.8, 4) is 0 Å². The summed E-state index contributed by atoms with van der Waals surface area (Å²) in [7, 11) is 0. The fraction of sp³-hybridized carbons (Fsp3) is 0.714. The summed E-state index contributed by atoms with van der Waals surface area (Å²) in [6.45, 7) is 5.42. The van der Waals surface area contributed by atoms with Gasteiger partial charge >= 0.3 is 0 Å². The number of hydrogen-bond acceptors (Lipinski definition) is 1. The number of aryl methyl sites for hydroxylation is 2. The molecule has 16 heavy (non-hydrogen) atoms. The molecular formula is C14H24N2. The van der Waals surface area contributed by atoms with E-state index in [9.17, 15) is 0 Å². The second-order valence-electron chi connectivity index (χ2n) is 5.15. The third-order valence-electron chi connectivity index (χ3n) is 3.82. The molecule has 1 aliphatic rings. The van der Waals surface area contributed by atoms with Crippen molar-refractivity contribution in [2.45, 2.75) is 52.4 Å². The van der Waals surface area contributed by atoms with Gasteiger partial charge < -0.3 is 5.43 Å². The largest absolute Gasteiger partial charge is 0.326 e. The fourth-order valence-corrected chi connectivity index (χ4v) is 2.77. The summed E-state index contributed by atoms with van der Waals surface area (Å²) in [5.74, 6) is 0.970. The molecule has 1 aliphatic carbocycles. The molecule has 1 saturated carbocycles. The van der Waals surface area contributed by atoms with Gasteiger partial charge in [0.1, 0.15) is 0 Å². The minimum Gasteiger partial charge on any atom is -0.326 e. The quantitative estimate of drug-likeness (QED) is 0.820. The van der Waals surface area contributed by atoms with E-state index in [0.29, 0.717) is 0 Å². The molecule has 1 fully saturated rings. The Morgan fingerprint density at radius 2 is 1.75 bits per heavy atom. The van der Waals surface area contributed by atoms with Crippen LogP contribution in [0.4, 0.5) is 0 Å². The first-order chi connectivity index (χ1) is 7.77. The summed E-state index contributed by atoms with van der Waals surface area (Å²) < 4.78 is 2.21. The third kappa shape index (κ3) is 2.81. The SMILES string of the molecule is Cc1ccc(C)n1NCCC1CCCCC1. The summed E-state index contributed by atoms with van der Waals surface area (Å²) in [6, 6.07) is 4.34. The van der Waals surface area contributed by atoms with Gasteiger partial charge in [-0.05, 0) is 38.3 Å². The van der Waals surface area contributed by atoms with E-state index in [2.05, 4.69) is 36.1 Å². The van der Waals surface area contributed by atoms with Gasteiger partial charge in [0, 0.05) is 17.9 Å². The van der Waals surface area contributed by atoms with Crippen molar-refractivity contribution in [2.24, 2.45) is 5.92 Å². The van der Waals surface area contributed by atoms with Crippen molar-refractivity contribution in [2.75, 3.05) is 12.0 Å². The standard InChI is InChI=1S/C14H24N2/c1-12-8-9-13(2)16(12)15-11-10-14-6-4-3-5-7-14/h8-9,14-15H,3-7,10-11H2,1-2H3. The Hall–Kier alpha value is -0.920. The van der Waals surface area contributed by atoms with E-state index < -0.39 is 0 Å². The number of nitrogens with one attached hydrogen (secondary N) is 1. The molecule has 0 amide bonds. The van der Waals surface area contributed by atoms with E-state index in [4.69, 9.17) is 0 Å². The van der Waals surface area contributed by atoms with Crippen LogP contribution >= 0.6 is 0 Å². The molecule has 0 radical (unpaired) electrons. The van der Waals surface area contributed by atoms with E-state index in [1.54, 1.807) is 0 Å². The molecule has 1 aromatic heterocycles. The van der Waals surface area contributed by atoms with Crippen LogP contribution in [0.1, 0.15) is 49.9 Å². The summed E-state index contributed by atoms with van der Waals surface area (Å²) >= 11 is 0. The molecule has 1 heterocycles. The van der Waals surface area contributed by atoms with Gasteiger partial charge in [0.05, 0.1) is 0 Å². The number of nitrogens with zero attached hydrogens (tertiary/aromatic N) is 1. The predicted molar refractivity (Wildman–Crippen MR) is 69.3 cm³/mol. The van der Waals surface area contributed by atoms with Gasteiger partial charge in [-0.2, -0.15) is 0 Å².